The first-order chi connectivity index (χ1) is 21.2. The van der Waals surface area contributed by atoms with E-state index in [0.717, 1.165) is 41.5 Å². The summed E-state index contributed by atoms with van der Waals surface area (Å²) in [6.07, 6.45) is 8.64. The van der Waals surface area contributed by atoms with Gasteiger partial charge >= 0.3 is 0 Å². The van der Waals surface area contributed by atoms with Crippen LogP contribution in [0.3, 0.4) is 0 Å². The summed E-state index contributed by atoms with van der Waals surface area (Å²) in [6, 6.07) is 12.4. The van der Waals surface area contributed by atoms with Crippen molar-refractivity contribution >= 4 is 27.2 Å². The van der Waals surface area contributed by atoms with Crippen LogP contribution in [0.4, 0.5) is 10.2 Å². The number of hydrogen-bond acceptors (Lipinski definition) is 9. The molecule has 2 saturated heterocycles. The number of aromatic nitrogens is 6. The molecule has 2 bridgehead atoms. The fraction of sp³-hybridized carbons (Fsp3) is 0.300. The number of H-pyrrole nitrogens is 1. The Morgan fingerprint density at radius 3 is 2.41 bits per heavy atom. The number of amides is 1. The van der Waals surface area contributed by atoms with Gasteiger partial charge in [0.05, 0.1) is 11.4 Å². The third-order valence-corrected chi connectivity index (χ3v) is 9.76. The summed E-state index contributed by atoms with van der Waals surface area (Å²) in [4.78, 5) is 28.7. The van der Waals surface area contributed by atoms with Crippen LogP contribution in [-0.2, 0) is 9.84 Å². The third kappa shape index (κ3) is 4.75. The average molecular weight is 617 g/mol. The number of ether oxygens (including phenoxy) is 1. The minimum absolute atomic E-state index is 0.0280. The molecule has 2 fully saturated rings. The van der Waals surface area contributed by atoms with E-state index < -0.39 is 16.7 Å². The second kappa shape index (κ2) is 10.7. The van der Waals surface area contributed by atoms with Gasteiger partial charge in [0, 0.05) is 53.3 Å². The number of nitrogen functional groups attached to an aromatic ring is 1. The Balaban J connectivity index is 1.24. The van der Waals surface area contributed by atoms with E-state index in [0.29, 0.717) is 29.9 Å². The third-order valence-electron chi connectivity index (χ3n) is 8.60. The van der Waals surface area contributed by atoms with Crippen LogP contribution < -0.4 is 10.5 Å². The van der Waals surface area contributed by atoms with Gasteiger partial charge in [-0.15, -0.1) is 0 Å². The number of nitrogens with two attached hydrogens (primary N) is 1. The molecule has 1 unspecified atom stereocenters. The highest BCUT2D eigenvalue weighted by Gasteiger charge is 2.46. The van der Waals surface area contributed by atoms with Crippen LogP contribution in [0.15, 0.2) is 66.1 Å². The fourth-order valence-corrected chi connectivity index (χ4v) is 7.76. The highest BCUT2D eigenvalue weighted by molar-refractivity contribution is 7.91. The van der Waals surface area contributed by atoms with Crippen molar-refractivity contribution < 1.29 is 22.3 Å². The monoisotopic (exact) mass is 616 g/mol. The molecule has 2 aliphatic rings. The molecule has 0 radical (unpaired) electrons. The molecule has 3 atom stereocenters. The number of carbonyl (C=O) groups is 1. The smallest absolute Gasteiger partial charge is 0.291 e. The van der Waals surface area contributed by atoms with E-state index in [1.807, 2.05) is 23.1 Å². The first-order valence-corrected chi connectivity index (χ1v) is 16.1. The predicted octanol–water partition coefficient (Wildman–Crippen LogP) is 4.02. The van der Waals surface area contributed by atoms with Crippen LogP contribution in [0, 0.1) is 0 Å². The zero-order valence-electron chi connectivity index (χ0n) is 23.7. The van der Waals surface area contributed by atoms with Crippen LogP contribution in [0.25, 0.3) is 28.0 Å². The number of nitrogens with zero attached hydrogens (tertiary/aromatic N) is 6. The summed E-state index contributed by atoms with van der Waals surface area (Å²) < 4.78 is 45.2. The molecule has 0 spiro atoms. The molecule has 0 saturated carbocycles. The largest absolute Gasteiger partial charge is 0.463 e. The van der Waals surface area contributed by atoms with Crippen molar-refractivity contribution in [3.8, 4) is 28.1 Å². The number of pyridine rings is 1. The maximum absolute atomic E-state index is 13.2. The maximum atomic E-state index is 13.2. The number of halogens is 1. The number of alkyl halides is 1. The highest BCUT2D eigenvalue weighted by Crippen LogP contribution is 2.46. The number of aromatic amines is 1. The zero-order chi connectivity index (χ0) is 30.6. The Hall–Kier alpha value is -4.85. The Bertz CT molecular complexity index is 1950. The van der Waals surface area contributed by atoms with Gasteiger partial charge in [0.1, 0.15) is 28.4 Å². The summed E-state index contributed by atoms with van der Waals surface area (Å²) in [5.74, 6) is 0.318. The van der Waals surface area contributed by atoms with Gasteiger partial charge in [-0.05, 0) is 62.1 Å². The van der Waals surface area contributed by atoms with Gasteiger partial charge in [0.2, 0.25) is 12.7 Å². The number of rotatable bonds is 7. The van der Waals surface area contributed by atoms with Crippen LogP contribution >= 0.6 is 0 Å². The Morgan fingerprint density at radius 2 is 1.80 bits per heavy atom. The van der Waals surface area contributed by atoms with Gasteiger partial charge in [0.25, 0.3) is 5.91 Å². The Kier molecular flexibility index (Phi) is 6.80. The topological polar surface area (TPSA) is 161 Å². The van der Waals surface area contributed by atoms with E-state index in [4.69, 9.17) is 15.5 Å². The first kappa shape index (κ1) is 28.0. The number of anilines is 1. The van der Waals surface area contributed by atoms with Crippen molar-refractivity contribution in [3.63, 3.8) is 0 Å². The minimum Gasteiger partial charge on any atom is -0.463 e. The Labute approximate surface area is 252 Å². The molecule has 1 amide bonds. The number of nitrogens with one attached hydrogen (secondary N) is 1. The fourth-order valence-electron chi connectivity index (χ4n) is 6.69. The Morgan fingerprint density at radius 1 is 1.07 bits per heavy atom. The first-order valence-electron chi connectivity index (χ1n) is 14.2. The van der Waals surface area contributed by atoms with Gasteiger partial charge in [-0.3, -0.25) is 19.3 Å². The maximum Gasteiger partial charge on any atom is 0.291 e. The molecule has 4 aromatic heterocycles. The van der Waals surface area contributed by atoms with E-state index in [9.17, 15) is 17.6 Å². The molecule has 226 valence electrons. The van der Waals surface area contributed by atoms with Crippen LogP contribution in [0.2, 0.25) is 0 Å². The van der Waals surface area contributed by atoms with Gasteiger partial charge in [-0.2, -0.15) is 5.10 Å². The highest BCUT2D eigenvalue weighted by atomic mass is 32.2. The summed E-state index contributed by atoms with van der Waals surface area (Å²) in [5, 5.41) is 6.46. The van der Waals surface area contributed by atoms with E-state index in [2.05, 4.69) is 20.2 Å². The number of fused-ring (bicyclic) bond motifs is 3. The van der Waals surface area contributed by atoms with Gasteiger partial charge in [-0.25, -0.2) is 22.8 Å². The molecule has 7 rings (SSSR count). The predicted molar refractivity (Wildman–Crippen MR) is 159 cm³/mol. The van der Waals surface area contributed by atoms with Crippen molar-refractivity contribution in [2.45, 2.75) is 48.6 Å². The molecular weight excluding hydrogens is 587 g/mol. The summed E-state index contributed by atoms with van der Waals surface area (Å²) in [6.45, 7) is -0.895. The minimum atomic E-state index is -3.74. The van der Waals surface area contributed by atoms with Crippen LogP contribution in [-0.4, -0.2) is 74.0 Å². The number of piperidine rings is 1. The lowest BCUT2D eigenvalue weighted by molar-refractivity contribution is 0.0556. The molecule has 44 heavy (non-hydrogen) atoms. The van der Waals surface area contributed by atoms with E-state index in [1.165, 1.54) is 6.33 Å². The van der Waals surface area contributed by atoms with Crippen molar-refractivity contribution in [1.29, 1.82) is 0 Å². The van der Waals surface area contributed by atoms with Crippen LogP contribution in [0.1, 0.15) is 47.9 Å². The molecule has 5 aromatic rings. The number of carbonyl (C=O) groups excluding carboxylic acids is 1. The van der Waals surface area contributed by atoms with Gasteiger partial charge in [-0.1, -0.05) is 6.07 Å². The molecule has 14 heteroatoms. The lowest BCUT2D eigenvalue weighted by Crippen LogP contribution is -2.46. The van der Waals surface area contributed by atoms with Crippen molar-refractivity contribution in [1.82, 2.24) is 34.4 Å². The summed E-state index contributed by atoms with van der Waals surface area (Å²) in [5.41, 5.74) is 10.6. The second-order valence-electron chi connectivity index (χ2n) is 11.2. The second-order valence-corrected chi connectivity index (χ2v) is 13.2. The number of benzene rings is 1. The molecule has 1 aromatic carbocycles. The van der Waals surface area contributed by atoms with Crippen molar-refractivity contribution in [3.05, 3.63) is 72.7 Å². The van der Waals surface area contributed by atoms with Gasteiger partial charge in [0.15, 0.2) is 9.84 Å². The molecular formula is C30H29FN8O4S. The lowest BCUT2D eigenvalue weighted by atomic mass is 9.87. The standard InChI is InChI=1S/C30H29FN8O4S/c1-44(41,42)26-25(19-12-20-5-6-21(13-19)39(20)30(40)28-34-16-35-37-28)36-29-23(10-11-38(29)27(26)32)18-4-9-24(33-14-18)17-2-7-22(8-3-17)43-15-31/h2-4,7-11,14,16,19-21H,5-6,12-13,15,32H2,1H3,(H,34,35,37)/t19?,20-,21+. The van der Waals surface area contributed by atoms with E-state index in [-0.39, 0.29) is 40.4 Å². The normalized spacial score (nSPS) is 19.9. The van der Waals surface area contributed by atoms with E-state index >= 15 is 0 Å². The molecule has 3 N–H and O–H groups in total. The molecule has 0 aliphatic carbocycles. The molecule has 2 aliphatic heterocycles. The number of sulfone groups is 1. The summed E-state index contributed by atoms with van der Waals surface area (Å²) in [7, 11) is -3.74. The number of hydrogen-bond donors (Lipinski definition) is 2. The summed E-state index contributed by atoms with van der Waals surface area (Å²) >= 11 is 0. The van der Waals surface area contributed by atoms with Crippen molar-refractivity contribution in [2.75, 3.05) is 18.9 Å². The lowest BCUT2D eigenvalue weighted by Gasteiger charge is -2.38. The average Bonchev–Trinajstić information content (AvgIpc) is 3.75. The molecule has 12 nitrogen and oxygen atoms in total. The van der Waals surface area contributed by atoms with Gasteiger partial charge < -0.3 is 15.4 Å². The quantitative estimate of drug-likeness (QED) is 0.275. The zero-order valence-corrected chi connectivity index (χ0v) is 24.5. The van der Waals surface area contributed by atoms with E-state index in [1.54, 1.807) is 41.1 Å². The van der Waals surface area contributed by atoms with Crippen molar-refractivity contribution in [2.24, 2.45) is 0 Å². The molecule has 6 heterocycles. The van der Waals surface area contributed by atoms with Crippen LogP contribution in [0.5, 0.6) is 5.75 Å². The SMILES string of the molecule is CS(=O)(=O)c1c(C2C[C@H]3CC[C@@H](C2)N3C(=O)c2ncn[nH]2)nc2c(-c3ccc(-c4ccc(OCF)cc4)nc3)ccn2c1N.